The molecule has 1 N–H and O–H groups in total. The number of alkyl halides is 2. The van der Waals surface area contributed by atoms with E-state index in [1.54, 1.807) is 24.4 Å². The zero-order valence-corrected chi connectivity index (χ0v) is 25.8. The van der Waals surface area contributed by atoms with Crippen molar-refractivity contribution in [3.05, 3.63) is 58.2 Å². The van der Waals surface area contributed by atoms with E-state index in [0.29, 0.717) is 34.9 Å². The third-order valence-corrected chi connectivity index (χ3v) is 9.02. The Morgan fingerprint density at radius 2 is 1.77 bits per heavy atom. The Hall–Kier alpha value is -3.53. The molecule has 3 aromatic rings. The summed E-state index contributed by atoms with van der Waals surface area (Å²) in [6.45, 7) is 5.36. The Balaban J connectivity index is 1.25. The van der Waals surface area contributed by atoms with Crippen LogP contribution in [0.3, 0.4) is 0 Å². The fourth-order valence-corrected chi connectivity index (χ4v) is 6.76. The van der Waals surface area contributed by atoms with Gasteiger partial charge in [0, 0.05) is 40.6 Å². The average molecular weight is 614 g/mol. The van der Waals surface area contributed by atoms with Gasteiger partial charge in [0.05, 0.1) is 26.4 Å². The number of nitrogens with one attached hydrogen (secondary N) is 1. The first kappa shape index (κ1) is 30.9. The molecule has 3 unspecified atom stereocenters. The molecule has 230 valence electrons. The monoisotopic (exact) mass is 613 g/mol. The quantitative estimate of drug-likeness (QED) is 0.330. The van der Waals surface area contributed by atoms with Crippen molar-refractivity contribution in [2.75, 3.05) is 25.5 Å². The number of hydrogen-bond donors (Lipinski definition) is 1. The highest BCUT2D eigenvalue weighted by Crippen LogP contribution is 2.39. The van der Waals surface area contributed by atoms with Crippen LogP contribution >= 0.6 is 11.6 Å². The van der Waals surface area contributed by atoms with Crippen LogP contribution in [0, 0.1) is 38.5 Å². The number of likely N-dealkylation sites (tertiary alicyclic amines) is 1. The Labute approximate surface area is 255 Å². The van der Waals surface area contributed by atoms with Crippen LogP contribution in [-0.2, 0) is 16.1 Å². The van der Waals surface area contributed by atoms with Crippen LogP contribution in [0.4, 0.5) is 14.5 Å². The maximum absolute atomic E-state index is 15.5. The van der Waals surface area contributed by atoms with Crippen LogP contribution in [0.25, 0.3) is 11.3 Å². The van der Waals surface area contributed by atoms with Crippen molar-refractivity contribution in [1.82, 2.24) is 19.9 Å². The summed E-state index contributed by atoms with van der Waals surface area (Å²) >= 11 is 6.13. The van der Waals surface area contributed by atoms with Crippen molar-refractivity contribution in [2.45, 2.75) is 65.3 Å². The number of aryl methyl sites for hydroxylation is 3. The second kappa shape index (κ2) is 12.6. The van der Waals surface area contributed by atoms with Gasteiger partial charge in [-0.2, -0.15) is 0 Å². The molecular formula is C32H38ClF2N5O3. The number of hydrogen-bond acceptors (Lipinski definition) is 5. The van der Waals surface area contributed by atoms with Crippen molar-refractivity contribution in [3.8, 4) is 17.0 Å². The van der Waals surface area contributed by atoms with E-state index >= 15 is 8.78 Å². The lowest BCUT2D eigenvalue weighted by Gasteiger charge is -2.41. The van der Waals surface area contributed by atoms with Gasteiger partial charge in [0.15, 0.2) is 0 Å². The largest absolute Gasteiger partial charge is 0.496 e. The number of anilines is 1. The average Bonchev–Trinajstić information content (AvgIpc) is 3.44. The number of aromatic nitrogens is 3. The molecule has 2 aromatic carbocycles. The number of piperidine rings is 1. The number of nitrogens with zero attached hydrogens (tertiary/aromatic N) is 4. The third kappa shape index (κ3) is 6.69. The van der Waals surface area contributed by atoms with E-state index in [4.69, 9.17) is 16.3 Å². The normalized spacial score (nSPS) is 21.8. The third-order valence-electron chi connectivity index (χ3n) is 8.79. The van der Waals surface area contributed by atoms with Crippen molar-refractivity contribution >= 4 is 29.1 Å². The maximum Gasteiger partial charge on any atom is 0.269 e. The number of carbonyl (C=O) groups excluding carboxylic acids is 2. The molecule has 2 amide bonds. The van der Waals surface area contributed by atoms with Crippen molar-refractivity contribution in [2.24, 2.45) is 17.8 Å². The first-order chi connectivity index (χ1) is 20.5. The highest BCUT2D eigenvalue weighted by Gasteiger charge is 2.48. The van der Waals surface area contributed by atoms with Gasteiger partial charge in [-0.25, -0.2) is 8.78 Å². The van der Waals surface area contributed by atoms with Gasteiger partial charge in [-0.1, -0.05) is 47.4 Å². The number of benzene rings is 2. The minimum absolute atomic E-state index is 0.0470. The second-order valence-electron chi connectivity index (χ2n) is 11.9. The summed E-state index contributed by atoms with van der Waals surface area (Å²) in [7, 11) is 1.53. The predicted molar refractivity (Wildman–Crippen MR) is 161 cm³/mol. The highest BCUT2D eigenvalue weighted by atomic mass is 35.5. The van der Waals surface area contributed by atoms with Gasteiger partial charge in [-0.05, 0) is 69.4 Å². The van der Waals surface area contributed by atoms with E-state index in [-0.39, 0.29) is 31.3 Å². The van der Waals surface area contributed by atoms with Crippen LogP contribution in [-0.4, -0.2) is 57.8 Å². The standard InChI is InChI=1S/C32H38ClF2N5O3/c1-19-13-20(2)29(21(3)14-19)36-30(41)24-7-5-6-8-25(24)31(42)39-12-11-22(32(34,35)18-39)16-40-17-27(37-38-40)26-15-23(33)9-10-28(26)43-4/h9-10,13-15,17,22,24-25H,5-8,11-12,16,18H2,1-4H3,(H,36,41). The van der Waals surface area contributed by atoms with Gasteiger partial charge < -0.3 is 15.0 Å². The van der Waals surface area contributed by atoms with Crippen LogP contribution < -0.4 is 10.1 Å². The van der Waals surface area contributed by atoms with Gasteiger partial charge in [-0.3, -0.25) is 14.3 Å². The summed E-state index contributed by atoms with van der Waals surface area (Å²) in [4.78, 5) is 28.4. The summed E-state index contributed by atoms with van der Waals surface area (Å²) < 4.78 is 37.8. The predicted octanol–water partition coefficient (Wildman–Crippen LogP) is 6.46. The van der Waals surface area contributed by atoms with E-state index in [1.165, 1.54) is 16.7 Å². The van der Waals surface area contributed by atoms with Gasteiger partial charge in [-0.15, -0.1) is 5.10 Å². The first-order valence-corrected chi connectivity index (χ1v) is 15.1. The summed E-state index contributed by atoms with van der Waals surface area (Å²) in [5.74, 6) is -5.34. The Morgan fingerprint density at radius 1 is 1.07 bits per heavy atom. The minimum Gasteiger partial charge on any atom is -0.496 e. The summed E-state index contributed by atoms with van der Waals surface area (Å²) in [5.41, 5.74) is 4.86. The number of amides is 2. The Kier molecular flexibility index (Phi) is 9.06. The molecule has 8 nitrogen and oxygen atoms in total. The molecule has 1 aliphatic heterocycles. The maximum atomic E-state index is 15.5. The molecule has 1 saturated carbocycles. The van der Waals surface area contributed by atoms with E-state index in [9.17, 15) is 9.59 Å². The van der Waals surface area contributed by atoms with Gasteiger partial charge in [0.2, 0.25) is 11.8 Å². The zero-order valence-electron chi connectivity index (χ0n) is 25.0. The van der Waals surface area contributed by atoms with Crippen molar-refractivity contribution < 1.29 is 23.1 Å². The van der Waals surface area contributed by atoms with Gasteiger partial charge in [0.1, 0.15) is 11.4 Å². The Morgan fingerprint density at radius 3 is 2.44 bits per heavy atom. The molecule has 1 saturated heterocycles. The van der Waals surface area contributed by atoms with Crippen LogP contribution in [0.1, 0.15) is 48.8 Å². The first-order valence-electron chi connectivity index (χ1n) is 14.8. The van der Waals surface area contributed by atoms with E-state index in [2.05, 4.69) is 15.6 Å². The van der Waals surface area contributed by atoms with Crippen molar-refractivity contribution in [3.63, 3.8) is 0 Å². The molecule has 0 bridgehead atoms. The molecule has 5 rings (SSSR count). The lowest BCUT2D eigenvalue weighted by molar-refractivity contribution is -0.159. The number of carbonyl (C=O) groups is 2. The van der Waals surface area contributed by atoms with E-state index in [0.717, 1.165) is 35.2 Å². The van der Waals surface area contributed by atoms with Gasteiger partial charge in [0.25, 0.3) is 5.92 Å². The molecule has 43 heavy (non-hydrogen) atoms. The fraction of sp³-hybridized carbons (Fsp3) is 0.500. The lowest BCUT2D eigenvalue weighted by Crippen LogP contribution is -2.54. The SMILES string of the molecule is COc1ccc(Cl)cc1-c1cn(CC2CCN(C(=O)C3CCCCC3C(=O)Nc3c(C)cc(C)cc3C)CC2(F)F)nn1. The summed E-state index contributed by atoms with van der Waals surface area (Å²) in [6, 6.07) is 9.11. The number of halogens is 3. The molecule has 0 spiro atoms. The van der Waals surface area contributed by atoms with Gasteiger partial charge >= 0.3 is 0 Å². The molecule has 0 radical (unpaired) electrons. The zero-order chi connectivity index (χ0) is 30.9. The second-order valence-corrected chi connectivity index (χ2v) is 12.4. The molecule has 3 atom stereocenters. The molecule has 1 aromatic heterocycles. The molecular weight excluding hydrogens is 576 g/mol. The van der Waals surface area contributed by atoms with Crippen LogP contribution in [0.2, 0.25) is 5.02 Å². The summed E-state index contributed by atoms with van der Waals surface area (Å²) in [6.07, 6.45) is 4.41. The highest BCUT2D eigenvalue weighted by molar-refractivity contribution is 6.31. The molecule has 2 fully saturated rings. The van der Waals surface area contributed by atoms with Crippen LogP contribution in [0.15, 0.2) is 36.5 Å². The lowest BCUT2D eigenvalue weighted by atomic mass is 9.77. The number of methoxy groups -OCH3 is 1. The smallest absolute Gasteiger partial charge is 0.269 e. The molecule has 11 heteroatoms. The fourth-order valence-electron chi connectivity index (χ4n) is 6.58. The number of ether oxygens (including phenoxy) is 1. The molecule has 1 aliphatic carbocycles. The molecule has 2 heterocycles. The Bertz CT molecular complexity index is 1490. The topological polar surface area (TPSA) is 89.4 Å². The minimum atomic E-state index is -3.13. The number of rotatable bonds is 7. The van der Waals surface area contributed by atoms with Crippen LogP contribution in [0.5, 0.6) is 5.75 Å². The molecule has 2 aliphatic rings. The van der Waals surface area contributed by atoms with Crippen molar-refractivity contribution in [1.29, 1.82) is 0 Å². The van der Waals surface area contributed by atoms with E-state index in [1.807, 2.05) is 32.9 Å². The van der Waals surface area contributed by atoms with E-state index < -0.39 is 30.2 Å². The summed E-state index contributed by atoms with van der Waals surface area (Å²) in [5, 5.41) is 11.8.